The van der Waals surface area contributed by atoms with E-state index in [4.69, 9.17) is 0 Å². The second-order valence-corrected chi connectivity index (χ2v) is 5.92. The number of carbonyl (C=O) groups excluding carboxylic acids is 1. The molecule has 0 spiro atoms. The standard InChI is InChI=1S/C8H15NO3S/c1-8(7-10)3-5-9(6-4-8)13(2,11)12/h7H,3-6H2,1-2H3. The van der Waals surface area contributed by atoms with Crippen LogP contribution in [0, 0.1) is 5.41 Å². The monoisotopic (exact) mass is 205 g/mol. The summed E-state index contributed by atoms with van der Waals surface area (Å²) < 4.78 is 23.7. The Morgan fingerprint density at radius 3 is 2.08 bits per heavy atom. The van der Waals surface area contributed by atoms with E-state index in [9.17, 15) is 13.2 Å². The lowest BCUT2D eigenvalue weighted by atomic mass is 9.83. The van der Waals surface area contributed by atoms with E-state index < -0.39 is 10.0 Å². The Kier molecular flexibility index (Phi) is 2.77. The fraction of sp³-hybridized carbons (Fsp3) is 0.875. The zero-order valence-corrected chi connectivity index (χ0v) is 8.80. The van der Waals surface area contributed by atoms with Crippen molar-refractivity contribution in [3.05, 3.63) is 0 Å². The van der Waals surface area contributed by atoms with Crippen molar-refractivity contribution in [3.63, 3.8) is 0 Å². The summed E-state index contributed by atoms with van der Waals surface area (Å²) in [6.07, 6.45) is 3.40. The third-order valence-electron chi connectivity index (χ3n) is 2.62. The van der Waals surface area contributed by atoms with Crippen LogP contribution >= 0.6 is 0 Å². The summed E-state index contributed by atoms with van der Waals surface area (Å²) in [4.78, 5) is 10.7. The number of sulfonamides is 1. The highest BCUT2D eigenvalue weighted by Gasteiger charge is 2.32. The van der Waals surface area contributed by atoms with E-state index in [2.05, 4.69) is 0 Å². The number of piperidine rings is 1. The van der Waals surface area contributed by atoms with Crippen LogP contribution in [0.1, 0.15) is 19.8 Å². The minimum atomic E-state index is -3.07. The lowest BCUT2D eigenvalue weighted by Gasteiger charge is -2.34. The van der Waals surface area contributed by atoms with Crippen molar-refractivity contribution in [1.82, 2.24) is 4.31 Å². The van der Waals surface area contributed by atoms with E-state index in [1.165, 1.54) is 10.6 Å². The molecular weight excluding hydrogens is 190 g/mol. The zero-order valence-electron chi connectivity index (χ0n) is 7.99. The quantitative estimate of drug-likeness (QED) is 0.607. The first-order chi connectivity index (χ1) is 5.87. The molecule has 13 heavy (non-hydrogen) atoms. The molecule has 0 aromatic heterocycles. The highest BCUT2D eigenvalue weighted by Crippen LogP contribution is 2.29. The van der Waals surface area contributed by atoms with E-state index in [-0.39, 0.29) is 5.41 Å². The summed E-state index contributed by atoms with van der Waals surface area (Å²) in [5.74, 6) is 0. The SMILES string of the molecule is CC1(C=O)CCN(S(C)(=O)=O)CC1. The maximum Gasteiger partial charge on any atom is 0.211 e. The summed E-state index contributed by atoms with van der Waals surface area (Å²) in [7, 11) is -3.07. The van der Waals surface area contributed by atoms with Gasteiger partial charge in [-0.1, -0.05) is 6.92 Å². The third-order valence-corrected chi connectivity index (χ3v) is 3.92. The number of nitrogens with zero attached hydrogens (tertiary/aromatic N) is 1. The predicted octanol–water partition coefficient (Wildman–Crippen LogP) is 0.247. The van der Waals surface area contributed by atoms with Gasteiger partial charge in [0.15, 0.2) is 0 Å². The van der Waals surface area contributed by atoms with Gasteiger partial charge in [0.1, 0.15) is 6.29 Å². The second kappa shape index (κ2) is 3.38. The van der Waals surface area contributed by atoms with Crippen LogP contribution in [0.3, 0.4) is 0 Å². The molecule has 0 amide bonds. The van der Waals surface area contributed by atoms with E-state index in [1.807, 2.05) is 6.92 Å². The number of hydrogen-bond donors (Lipinski definition) is 0. The van der Waals surface area contributed by atoms with Gasteiger partial charge in [-0.25, -0.2) is 12.7 Å². The van der Waals surface area contributed by atoms with Gasteiger partial charge in [0.2, 0.25) is 10.0 Å². The fourth-order valence-electron chi connectivity index (χ4n) is 1.45. The van der Waals surface area contributed by atoms with Crippen molar-refractivity contribution >= 4 is 16.3 Å². The molecule has 4 nitrogen and oxygen atoms in total. The molecule has 76 valence electrons. The van der Waals surface area contributed by atoms with Crippen molar-refractivity contribution < 1.29 is 13.2 Å². The average Bonchev–Trinajstić information content (AvgIpc) is 2.04. The van der Waals surface area contributed by atoms with Gasteiger partial charge in [0.25, 0.3) is 0 Å². The fourth-order valence-corrected chi connectivity index (χ4v) is 2.29. The topological polar surface area (TPSA) is 54.5 Å². The number of hydrogen-bond acceptors (Lipinski definition) is 3. The van der Waals surface area contributed by atoms with E-state index in [0.717, 1.165) is 6.29 Å². The van der Waals surface area contributed by atoms with Crippen LogP contribution in [0.5, 0.6) is 0 Å². The van der Waals surface area contributed by atoms with Crippen molar-refractivity contribution in [2.75, 3.05) is 19.3 Å². The molecule has 0 aromatic rings. The van der Waals surface area contributed by atoms with E-state index in [1.54, 1.807) is 0 Å². The van der Waals surface area contributed by atoms with Crippen LogP contribution in [0.4, 0.5) is 0 Å². The average molecular weight is 205 g/mol. The van der Waals surface area contributed by atoms with Gasteiger partial charge < -0.3 is 4.79 Å². The van der Waals surface area contributed by atoms with Crippen LogP contribution < -0.4 is 0 Å². The van der Waals surface area contributed by atoms with Crippen molar-refractivity contribution in [2.24, 2.45) is 5.41 Å². The molecule has 0 bridgehead atoms. The Labute approximate surface area is 79.0 Å². The van der Waals surface area contributed by atoms with E-state index in [0.29, 0.717) is 25.9 Å². The van der Waals surface area contributed by atoms with Gasteiger partial charge in [-0.05, 0) is 12.8 Å². The van der Waals surface area contributed by atoms with Crippen LogP contribution in [0.25, 0.3) is 0 Å². The molecule has 0 radical (unpaired) electrons. The van der Waals surface area contributed by atoms with Gasteiger partial charge in [0, 0.05) is 18.5 Å². The molecule has 1 fully saturated rings. The molecule has 0 atom stereocenters. The molecule has 0 saturated carbocycles. The summed E-state index contributed by atoms with van der Waals surface area (Å²) in [5, 5.41) is 0. The Morgan fingerprint density at radius 2 is 1.77 bits per heavy atom. The first kappa shape index (κ1) is 10.7. The molecule has 0 unspecified atom stereocenters. The van der Waals surface area contributed by atoms with Crippen molar-refractivity contribution in [2.45, 2.75) is 19.8 Å². The van der Waals surface area contributed by atoms with Gasteiger partial charge in [-0.3, -0.25) is 0 Å². The number of rotatable bonds is 2. The van der Waals surface area contributed by atoms with Crippen LogP contribution in [0.15, 0.2) is 0 Å². The van der Waals surface area contributed by atoms with Gasteiger partial charge in [-0.15, -0.1) is 0 Å². The lowest BCUT2D eigenvalue weighted by Crippen LogP contribution is -2.42. The zero-order chi connectivity index (χ0) is 10.1. The number of aldehydes is 1. The third kappa shape index (κ3) is 2.51. The van der Waals surface area contributed by atoms with Crippen molar-refractivity contribution in [1.29, 1.82) is 0 Å². The van der Waals surface area contributed by atoms with Crippen LogP contribution in [-0.2, 0) is 14.8 Å². The molecule has 1 rings (SSSR count). The van der Waals surface area contributed by atoms with Crippen LogP contribution in [0.2, 0.25) is 0 Å². The summed E-state index contributed by atoms with van der Waals surface area (Å²) in [6, 6.07) is 0. The number of carbonyl (C=O) groups is 1. The maximum absolute atomic E-state index is 11.1. The van der Waals surface area contributed by atoms with Gasteiger partial charge in [0.05, 0.1) is 6.26 Å². The molecular formula is C8H15NO3S. The first-order valence-electron chi connectivity index (χ1n) is 4.29. The highest BCUT2D eigenvalue weighted by molar-refractivity contribution is 7.88. The smallest absolute Gasteiger partial charge is 0.211 e. The molecule has 0 N–H and O–H groups in total. The normalized spacial score (nSPS) is 24.2. The second-order valence-electron chi connectivity index (χ2n) is 3.93. The molecule has 1 heterocycles. The molecule has 1 aliphatic rings. The van der Waals surface area contributed by atoms with Crippen molar-refractivity contribution in [3.8, 4) is 0 Å². The minimum absolute atomic E-state index is 0.318. The first-order valence-corrected chi connectivity index (χ1v) is 6.14. The molecule has 1 saturated heterocycles. The van der Waals surface area contributed by atoms with Gasteiger partial charge in [-0.2, -0.15) is 0 Å². The Bertz CT molecular complexity index is 289. The van der Waals surface area contributed by atoms with Crippen LogP contribution in [-0.4, -0.2) is 38.4 Å². The molecule has 1 aliphatic heterocycles. The molecule has 5 heteroatoms. The largest absolute Gasteiger partial charge is 0.303 e. The minimum Gasteiger partial charge on any atom is -0.303 e. The summed E-state index contributed by atoms with van der Waals surface area (Å²) >= 11 is 0. The maximum atomic E-state index is 11.1. The van der Waals surface area contributed by atoms with E-state index >= 15 is 0 Å². The summed E-state index contributed by atoms with van der Waals surface area (Å²) in [6.45, 7) is 2.81. The van der Waals surface area contributed by atoms with Gasteiger partial charge >= 0.3 is 0 Å². The predicted molar refractivity (Wildman–Crippen MR) is 49.8 cm³/mol. The Morgan fingerprint density at radius 1 is 1.31 bits per heavy atom. The Balaban J connectivity index is 2.63. The molecule has 0 aliphatic carbocycles. The summed E-state index contributed by atoms with van der Waals surface area (Å²) in [5.41, 5.74) is -0.318. The molecule has 0 aromatic carbocycles. The highest BCUT2D eigenvalue weighted by atomic mass is 32.2. The Hall–Kier alpha value is -0.420. The lowest BCUT2D eigenvalue weighted by molar-refractivity contribution is -0.117.